The van der Waals surface area contributed by atoms with Crippen molar-refractivity contribution >= 4 is 114 Å². The number of hydrogen-bond donors (Lipinski definition) is 4. The number of phenolic OH excluding ortho intramolecular Hbond substituents is 1. The second-order valence-electron chi connectivity index (χ2n) is 22.3. The zero-order valence-electron chi connectivity index (χ0n) is 65.5. The first-order valence-electron chi connectivity index (χ1n) is 34.5. The SMILES string of the molecule is BrB(Br)Br.C.C.C.CC(=O)O.CC(=O)O.CCO.CCOC(=O)/C=C/c1ccc(OC)cc1.CCOC(=O)C=C(c1ccc(OC)cc1)c1ccc(OC(F)(F)F)cc1.CCOC(=O)CC(c1ccc(O)cc1)c1ccc(OC(F)(F)F)cc1.CCOC(=O)CC(c1ccc(OC)cc1)c1ccc(OC(F)(F)F)cc1.FC(F)(F)Oc1ccc(Br)cc1.[Pd]. The van der Waals surface area contributed by atoms with E-state index >= 15 is 0 Å². The fourth-order valence-electron chi connectivity index (χ4n) is 8.92. The summed E-state index contributed by atoms with van der Waals surface area (Å²) >= 11 is 12.4. The average molecular weight is 2110 g/mol. The number of ether oxygens (including phenoxy) is 11. The first kappa shape index (κ1) is 122. The van der Waals surface area contributed by atoms with Gasteiger partial charge in [-0.2, -0.15) is 0 Å². The van der Waals surface area contributed by atoms with E-state index < -0.39 is 55.2 Å². The number of carbonyl (C=O) groups excluding carboxylic acids is 4. The van der Waals surface area contributed by atoms with Crippen LogP contribution in [0.5, 0.6) is 46.0 Å². The molecule has 2 unspecified atom stereocenters. The number of aliphatic carboxylic acids is 2. The van der Waals surface area contributed by atoms with Gasteiger partial charge in [0.2, 0.25) is 0 Å². The molecule has 8 aromatic rings. The zero-order valence-corrected chi connectivity index (χ0v) is 73.4. The number of methoxy groups -OCH3 is 3. The predicted octanol–water partition coefficient (Wildman–Crippen LogP) is 23.5. The largest absolute Gasteiger partial charge is 0.573 e. The van der Waals surface area contributed by atoms with E-state index in [0.717, 1.165) is 36.3 Å². The van der Waals surface area contributed by atoms with Crippen LogP contribution in [-0.2, 0) is 68.1 Å². The molecule has 0 aromatic heterocycles. The molecule has 8 rings (SSSR count). The van der Waals surface area contributed by atoms with Crippen LogP contribution in [0.4, 0.5) is 52.7 Å². The number of aliphatic hydroxyl groups is 1. The average Bonchev–Trinajstić information content (AvgIpc) is 0.835. The van der Waals surface area contributed by atoms with Crippen molar-refractivity contribution in [1.29, 1.82) is 0 Å². The summed E-state index contributed by atoms with van der Waals surface area (Å²) in [6.45, 7) is 12.1. The molecule has 2 atom stereocenters. The molecule has 0 amide bonds. The number of alkyl halides is 12. The maximum Gasteiger partial charge on any atom is 0.573 e. The summed E-state index contributed by atoms with van der Waals surface area (Å²) < 4.78 is 196. The summed E-state index contributed by atoms with van der Waals surface area (Å²) in [5.74, 6) is -3.16. The normalized spacial score (nSPS) is 10.8. The number of aliphatic hydroxyl groups excluding tert-OH is 1. The Bertz CT molecular complexity index is 4250. The minimum atomic E-state index is -4.76. The Morgan fingerprint density at radius 2 is 0.626 bits per heavy atom. The molecule has 0 aliphatic heterocycles. The zero-order chi connectivity index (χ0) is 90.5. The second-order valence-corrected chi connectivity index (χ2v) is 29.6. The van der Waals surface area contributed by atoms with Gasteiger partial charge in [-0.3, -0.25) is 19.2 Å². The fraction of sp³-hybridized carbons (Fsp3) is 0.310. The van der Waals surface area contributed by atoms with E-state index in [2.05, 4.69) is 82.1 Å². The van der Waals surface area contributed by atoms with Crippen LogP contribution in [-0.4, -0.2) is 139 Å². The molecular weight excluding hydrogens is 2010 g/mol. The fourth-order valence-corrected chi connectivity index (χ4v) is 9.19. The van der Waals surface area contributed by atoms with Gasteiger partial charge in [0.05, 0.1) is 60.6 Å². The van der Waals surface area contributed by atoms with Crippen molar-refractivity contribution in [3.8, 4) is 46.0 Å². The standard InChI is InChI=1S/C19H19F3O4.C19H17F3O4.C18H17F3O4.C12H14O3.C7H4BrF3O.2C2H4O2.C2H6O.3CH4.BBr3.Pd/c2*1-3-25-18(23)12-17(13-4-8-15(24-2)9-5-13)14-6-10-16(11-7-14)26-19(20,21)22;1-2-24-17(23)11-16(12-3-7-14(22)8-4-12)13-5-9-15(10-6-13)25-18(19,20)21;1-3-15-12(13)9-6-10-4-7-11(14-2)8-5-10;8-5-1-3-6(4-2-5)12-7(9,10)11;2*1-2(3)4;1-2-3;;;;2-1(3)4;/h4-11,17H,3,12H2,1-2H3;4-12H,3H2,1-2H3;3-10,16,22H,2,11H2,1H3;4-9H,3H2,1-2H3;1-4H;2*1H3,(H,3,4);3H,2H2,1H3;3*1H4;;/b;;;9-6+;;;;;;;;;. The monoisotopic (exact) mass is 2100 g/mol. The van der Waals surface area contributed by atoms with E-state index in [1.807, 2.05) is 36.4 Å². The molecule has 39 heteroatoms. The molecule has 0 aliphatic carbocycles. The van der Waals surface area contributed by atoms with Crippen molar-refractivity contribution in [3.05, 3.63) is 250 Å². The number of phenols is 1. The number of carbonyl (C=O) groups is 6. The van der Waals surface area contributed by atoms with E-state index in [9.17, 15) is 77.0 Å². The van der Waals surface area contributed by atoms with Crippen molar-refractivity contribution in [2.24, 2.45) is 0 Å². The van der Waals surface area contributed by atoms with Crippen molar-refractivity contribution in [3.63, 3.8) is 0 Å². The number of hydrogen-bond acceptors (Lipinski definition) is 19. The van der Waals surface area contributed by atoms with Gasteiger partial charge in [0.1, 0.15) is 46.0 Å². The third-order valence-corrected chi connectivity index (χ3v) is 13.9. The summed E-state index contributed by atoms with van der Waals surface area (Å²) in [5.41, 5.74) is 5.53. The van der Waals surface area contributed by atoms with Crippen LogP contribution < -0.4 is 33.2 Å². The van der Waals surface area contributed by atoms with E-state index in [4.69, 9.17) is 58.1 Å². The molecule has 0 saturated carbocycles. The number of benzene rings is 8. The Balaban J connectivity index is -0.000000457. The number of carboxylic acid groups (broad SMARTS) is 2. The third-order valence-electron chi connectivity index (χ3n) is 13.4. The Labute approximate surface area is 754 Å². The van der Waals surface area contributed by atoms with Gasteiger partial charge in [-0.25, -0.2) is 9.59 Å². The molecule has 8 aromatic carbocycles. The van der Waals surface area contributed by atoms with Gasteiger partial charge < -0.3 is 72.5 Å². The second kappa shape index (κ2) is 65.8. The molecular formula is C84H97BBr4F12O21Pd. The minimum absolute atomic E-state index is 0. The van der Waals surface area contributed by atoms with Crippen molar-refractivity contribution in [2.45, 2.75) is 121 Å². The van der Waals surface area contributed by atoms with Crippen molar-refractivity contribution in [2.75, 3.05) is 54.4 Å². The Hall–Kier alpha value is -9.77. The number of halogens is 16. The van der Waals surface area contributed by atoms with Crippen molar-refractivity contribution < 1.29 is 174 Å². The molecule has 0 saturated heterocycles. The number of esters is 4. The number of rotatable bonds is 24. The Morgan fingerprint density at radius 3 is 0.886 bits per heavy atom. The summed E-state index contributed by atoms with van der Waals surface area (Å²) in [6.07, 6.45) is -14.4. The number of carboxylic acids is 2. The molecule has 0 radical (unpaired) electrons. The van der Waals surface area contributed by atoms with Crippen LogP contribution in [0, 0.1) is 0 Å². The van der Waals surface area contributed by atoms with Crippen LogP contribution in [0.3, 0.4) is 0 Å². The molecule has 0 fully saturated rings. The summed E-state index contributed by atoms with van der Waals surface area (Å²) in [7, 11) is 4.69. The van der Waals surface area contributed by atoms with E-state index in [-0.39, 0.29) is 132 Å². The van der Waals surface area contributed by atoms with Gasteiger partial charge >= 0.3 is 52.5 Å². The molecule has 0 bridgehead atoms. The van der Waals surface area contributed by atoms with E-state index in [1.54, 1.807) is 103 Å². The molecule has 21 nitrogen and oxygen atoms in total. The van der Waals surface area contributed by atoms with Crippen molar-refractivity contribution in [1.82, 2.24) is 0 Å². The van der Waals surface area contributed by atoms with Crippen LogP contribution >= 0.6 is 63.2 Å². The Kier molecular flexibility index (Phi) is 65.2. The van der Waals surface area contributed by atoms with Gasteiger partial charge in [-0.15, -0.1) is 100.0 Å². The van der Waals surface area contributed by atoms with Crippen LogP contribution in [0.2, 0.25) is 0 Å². The summed E-state index contributed by atoms with van der Waals surface area (Å²) in [4.78, 5) is 64.7. The molecule has 0 spiro atoms. The minimum Gasteiger partial charge on any atom is -0.508 e. The van der Waals surface area contributed by atoms with E-state index in [0.29, 0.717) is 50.4 Å². The van der Waals surface area contributed by atoms with Gasteiger partial charge in [0, 0.05) is 69.3 Å². The maximum atomic E-state index is 12.3. The maximum absolute atomic E-state index is 12.3. The first-order chi connectivity index (χ1) is 55.8. The molecule has 684 valence electrons. The Morgan fingerprint density at radius 1 is 0.398 bits per heavy atom. The van der Waals surface area contributed by atoms with Gasteiger partial charge in [0.25, 0.3) is 11.9 Å². The van der Waals surface area contributed by atoms with Gasteiger partial charge in [-0.05, 0) is 194 Å². The van der Waals surface area contributed by atoms with Gasteiger partial charge in [0.15, 0.2) is 0 Å². The topological polar surface area (TPSA) is 285 Å². The third kappa shape index (κ3) is 61.2. The first-order valence-corrected chi connectivity index (χ1v) is 38.1. The summed E-state index contributed by atoms with van der Waals surface area (Å²) in [5, 5.41) is 31.8. The van der Waals surface area contributed by atoms with E-state index in [1.165, 1.54) is 128 Å². The molecule has 0 aliphatic rings. The summed E-state index contributed by atoms with van der Waals surface area (Å²) in [6, 6.07) is 49.2. The van der Waals surface area contributed by atoms with Crippen LogP contribution in [0.15, 0.2) is 211 Å². The van der Waals surface area contributed by atoms with Gasteiger partial charge in [-0.1, -0.05) is 123 Å². The van der Waals surface area contributed by atoms with Crippen LogP contribution in [0.25, 0.3) is 11.6 Å². The van der Waals surface area contributed by atoms with Crippen LogP contribution in [0.1, 0.15) is 134 Å². The quantitative estimate of drug-likeness (QED) is 0.0144. The molecule has 123 heavy (non-hydrogen) atoms. The molecule has 0 heterocycles. The predicted molar refractivity (Wildman–Crippen MR) is 455 cm³/mol. The smallest absolute Gasteiger partial charge is 0.508 e. The number of aromatic hydroxyl groups is 1. The molecule has 4 N–H and O–H groups in total.